The molecule has 110 valence electrons. The van der Waals surface area contributed by atoms with Crippen LogP contribution < -0.4 is 5.32 Å². The Morgan fingerprint density at radius 1 is 1.25 bits per heavy atom. The molecule has 1 amide bonds. The molecule has 4 nitrogen and oxygen atoms in total. The molecule has 20 heavy (non-hydrogen) atoms. The number of carbonyl (C=O) groups excluding carboxylic acids is 1. The number of hydrogen-bond acceptors (Lipinski definition) is 3. The van der Waals surface area contributed by atoms with Gasteiger partial charge in [0.1, 0.15) is 0 Å². The first-order valence-electron chi connectivity index (χ1n) is 7.45. The van der Waals surface area contributed by atoms with Gasteiger partial charge in [-0.2, -0.15) is 0 Å². The Balaban J connectivity index is 2.00. The van der Waals surface area contributed by atoms with E-state index in [2.05, 4.69) is 17.1 Å². The number of piperazine rings is 1. The van der Waals surface area contributed by atoms with E-state index in [0.717, 1.165) is 49.5 Å². The van der Waals surface area contributed by atoms with Gasteiger partial charge in [-0.05, 0) is 43.7 Å². The van der Waals surface area contributed by atoms with Gasteiger partial charge in [-0.3, -0.25) is 9.69 Å². The van der Waals surface area contributed by atoms with Gasteiger partial charge in [-0.25, -0.2) is 0 Å². The largest absolute Gasteiger partial charge is 0.388 e. The normalized spacial score (nSPS) is 16.2. The predicted molar refractivity (Wildman–Crippen MR) is 83.4 cm³/mol. The summed E-state index contributed by atoms with van der Waals surface area (Å²) in [6, 6.07) is 5.88. The minimum Gasteiger partial charge on any atom is -0.388 e. The highest BCUT2D eigenvalue weighted by Gasteiger charge is 2.21. The molecule has 1 aromatic rings. The number of carbonyl (C=O) groups is 1. The molecule has 0 saturated carbocycles. The highest BCUT2D eigenvalue weighted by Crippen LogP contribution is 2.17. The molecule has 1 heterocycles. The molecule has 1 saturated heterocycles. The van der Waals surface area contributed by atoms with Crippen LogP contribution in [0.4, 0.5) is 5.69 Å². The Morgan fingerprint density at radius 2 is 1.95 bits per heavy atom. The highest BCUT2D eigenvalue weighted by molar-refractivity contribution is 5.95. The third-order valence-corrected chi connectivity index (χ3v) is 3.94. The minimum atomic E-state index is 0.159. The number of benzene rings is 1. The summed E-state index contributed by atoms with van der Waals surface area (Å²) in [5.74, 6) is 0.159. The van der Waals surface area contributed by atoms with Crippen molar-refractivity contribution in [3.8, 4) is 0 Å². The van der Waals surface area contributed by atoms with Gasteiger partial charge in [0, 0.05) is 44.5 Å². The Labute approximate surface area is 121 Å². The van der Waals surface area contributed by atoms with E-state index in [1.54, 1.807) is 0 Å². The van der Waals surface area contributed by atoms with Crippen LogP contribution in [0.15, 0.2) is 18.2 Å². The lowest BCUT2D eigenvalue weighted by atomic mass is 10.1. The van der Waals surface area contributed by atoms with Crippen LogP contribution in [0.3, 0.4) is 0 Å². The van der Waals surface area contributed by atoms with Gasteiger partial charge in [0.25, 0.3) is 5.91 Å². The van der Waals surface area contributed by atoms with Crippen LogP contribution in [0.1, 0.15) is 29.3 Å². The second kappa shape index (κ2) is 6.75. The van der Waals surface area contributed by atoms with Crippen LogP contribution in [0.2, 0.25) is 0 Å². The summed E-state index contributed by atoms with van der Waals surface area (Å²) in [4.78, 5) is 16.9. The number of rotatable bonds is 4. The number of amides is 1. The maximum absolute atomic E-state index is 12.5. The van der Waals surface area contributed by atoms with Gasteiger partial charge < -0.3 is 10.2 Å². The molecule has 1 N–H and O–H groups in total. The van der Waals surface area contributed by atoms with Crippen molar-refractivity contribution in [1.82, 2.24) is 9.80 Å². The van der Waals surface area contributed by atoms with Crippen molar-refractivity contribution >= 4 is 11.6 Å². The van der Waals surface area contributed by atoms with Crippen molar-refractivity contribution in [2.75, 3.05) is 45.1 Å². The first kappa shape index (κ1) is 14.9. The van der Waals surface area contributed by atoms with Gasteiger partial charge in [-0.15, -0.1) is 0 Å². The summed E-state index contributed by atoms with van der Waals surface area (Å²) in [6.45, 7) is 9.03. The Kier molecular flexibility index (Phi) is 5.01. The van der Waals surface area contributed by atoms with Crippen LogP contribution >= 0.6 is 0 Å². The van der Waals surface area contributed by atoms with Crippen molar-refractivity contribution in [3.63, 3.8) is 0 Å². The van der Waals surface area contributed by atoms with E-state index in [9.17, 15) is 4.79 Å². The lowest BCUT2D eigenvalue weighted by Gasteiger charge is -2.34. The van der Waals surface area contributed by atoms with E-state index < -0.39 is 0 Å². The average Bonchev–Trinajstić information content (AvgIpc) is 2.47. The standard InChI is InChI=1S/C16H25N3O/c1-4-7-18-8-10-19(11-9-18)16(20)14-5-6-15(17-3)13(2)12-14/h5-6,12,17H,4,7-11H2,1-3H3. The van der Waals surface area contributed by atoms with E-state index in [1.807, 2.05) is 37.1 Å². The maximum Gasteiger partial charge on any atom is 0.253 e. The van der Waals surface area contributed by atoms with Crippen LogP contribution in [-0.2, 0) is 0 Å². The molecule has 0 unspecified atom stereocenters. The van der Waals surface area contributed by atoms with Crippen molar-refractivity contribution < 1.29 is 4.79 Å². The van der Waals surface area contributed by atoms with E-state index in [4.69, 9.17) is 0 Å². The molecule has 0 aliphatic carbocycles. The zero-order chi connectivity index (χ0) is 14.5. The highest BCUT2D eigenvalue weighted by atomic mass is 16.2. The Bertz CT molecular complexity index is 465. The van der Waals surface area contributed by atoms with Crippen molar-refractivity contribution in [2.45, 2.75) is 20.3 Å². The molecule has 1 aromatic carbocycles. The second-order valence-corrected chi connectivity index (χ2v) is 5.41. The summed E-state index contributed by atoms with van der Waals surface area (Å²) in [7, 11) is 1.90. The van der Waals surface area contributed by atoms with Crippen LogP contribution in [-0.4, -0.2) is 55.5 Å². The van der Waals surface area contributed by atoms with Gasteiger partial charge in [0.2, 0.25) is 0 Å². The third kappa shape index (κ3) is 3.31. The molecule has 1 fully saturated rings. The predicted octanol–water partition coefficient (Wildman–Crippen LogP) is 2.20. The molecule has 1 aliphatic rings. The average molecular weight is 275 g/mol. The number of aryl methyl sites for hydroxylation is 1. The number of nitrogens with zero attached hydrogens (tertiary/aromatic N) is 2. The van der Waals surface area contributed by atoms with E-state index >= 15 is 0 Å². The number of anilines is 1. The Hall–Kier alpha value is -1.55. The lowest BCUT2D eigenvalue weighted by Crippen LogP contribution is -2.48. The fourth-order valence-corrected chi connectivity index (χ4v) is 2.75. The van der Waals surface area contributed by atoms with Crippen LogP contribution in [0.25, 0.3) is 0 Å². The van der Waals surface area contributed by atoms with Gasteiger partial charge in [0.15, 0.2) is 0 Å². The molecule has 0 atom stereocenters. The number of hydrogen-bond donors (Lipinski definition) is 1. The molecule has 4 heteroatoms. The molecule has 0 bridgehead atoms. The van der Waals surface area contributed by atoms with Gasteiger partial charge in [-0.1, -0.05) is 6.92 Å². The van der Waals surface area contributed by atoms with Crippen molar-refractivity contribution in [3.05, 3.63) is 29.3 Å². The zero-order valence-electron chi connectivity index (χ0n) is 12.8. The summed E-state index contributed by atoms with van der Waals surface area (Å²) in [6.07, 6.45) is 1.18. The SMILES string of the molecule is CCCN1CCN(C(=O)c2ccc(NC)c(C)c2)CC1. The smallest absolute Gasteiger partial charge is 0.253 e. The van der Waals surface area contributed by atoms with Crippen molar-refractivity contribution in [2.24, 2.45) is 0 Å². The summed E-state index contributed by atoms with van der Waals surface area (Å²) in [5.41, 5.74) is 2.99. The molecular formula is C16H25N3O. The molecule has 0 spiro atoms. The topological polar surface area (TPSA) is 35.6 Å². The van der Waals surface area contributed by atoms with Crippen LogP contribution in [0.5, 0.6) is 0 Å². The van der Waals surface area contributed by atoms with Crippen molar-refractivity contribution in [1.29, 1.82) is 0 Å². The quantitative estimate of drug-likeness (QED) is 0.915. The first-order valence-corrected chi connectivity index (χ1v) is 7.45. The maximum atomic E-state index is 12.5. The van der Waals surface area contributed by atoms with E-state index in [-0.39, 0.29) is 5.91 Å². The molecular weight excluding hydrogens is 250 g/mol. The first-order chi connectivity index (χ1) is 9.65. The fraction of sp³-hybridized carbons (Fsp3) is 0.562. The summed E-state index contributed by atoms with van der Waals surface area (Å²) >= 11 is 0. The second-order valence-electron chi connectivity index (χ2n) is 5.41. The molecule has 2 rings (SSSR count). The fourth-order valence-electron chi connectivity index (χ4n) is 2.75. The summed E-state index contributed by atoms with van der Waals surface area (Å²) < 4.78 is 0. The summed E-state index contributed by atoms with van der Waals surface area (Å²) in [5, 5.41) is 3.13. The molecule has 1 aliphatic heterocycles. The van der Waals surface area contributed by atoms with E-state index in [1.165, 1.54) is 6.42 Å². The monoisotopic (exact) mass is 275 g/mol. The van der Waals surface area contributed by atoms with Gasteiger partial charge >= 0.3 is 0 Å². The van der Waals surface area contributed by atoms with E-state index in [0.29, 0.717) is 0 Å². The Morgan fingerprint density at radius 3 is 2.50 bits per heavy atom. The third-order valence-electron chi connectivity index (χ3n) is 3.94. The minimum absolute atomic E-state index is 0.159. The van der Waals surface area contributed by atoms with Gasteiger partial charge in [0.05, 0.1) is 0 Å². The zero-order valence-corrected chi connectivity index (χ0v) is 12.8. The molecule has 0 aromatic heterocycles. The molecule has 0 radical (unpaired) electrons. The number of nitrogens with one attached hydrogen (secondary N) is 1. The lowest BCUT2D eigenvalue weighted by molar-refractivity contribution is 0.0637. The van der Waals surface area contributed by atoms with Crippen LogP contribution in [0, 0.1) is 6.92 Å².